The van der Waals surface area contributed by atoms with Crippen molar-refractivity contribution in [3.8, 4) is 0 Å². The number of hydrogen-bond donors (Lipinski definition) is 1. The van der Waals surface area contributed by atoms with Gasteiger partial charge in [0.25, 0.3) is 0 Å². The third kappa shape index (κ3) is 4.50. The summed E-state index contributed by atoms with van der Waals surface area (Å²) in [5.41, 5.74) is 0.889. The van der Waals surface area contributed by atoms with Crippen molar-refractivity contribution in [3.63, 3.8) is 0 Å². The van der Waals surface area contributed by atoms with Crippen LogP contribution in [0.2, 0.25) is 10.0 Å². The van der Waals surface area contributed by atoms with Gasteiger partial charge in [-0.05, 0) is 18.2 Å². The van der Waals surface area contributed by atoms with Gasteiger partial charge in [0.15, 0.2) is 0 Å². The van der Waals surface area contributed by atoms with Crippen molar-refractivity contribution in [2.45, 2.75) is 0 Å². The van der Waals surface area contributed by atoms with Crippen LogP contribution in [0.15, 0.2) is 18.2 Å². The summed E-state index contributed by atoms with van der Waals surface area (Å²) in [6.45, 7) is 1.68. The number of aliphatic carboxylic acids is 1. The molecule has 8 heteroatoms. The van der Waals surface area contributed by atoms with Gasteiger partial charge in [-0.15, -0.1) is 0 Å². The first-order valence-electron chi connectivity index (χ1n) is 6.74. The summed E-state index contributed by atoms with van der Waals surface area (Å²) in [6.07, 6.45) is 0. The van der Waals surface area contributed by atoms with Gasteiger partial charge in [-0.25, -0.2) is 4.79 Å². The van der Waals surface area contributed by atoms with E-state index in [1.807, 2.05) is 6.07 Å². The van der Waals surface area contributed by atoms with Crippen molar-refractivity contribution < 1.29 is 19.4 Å². The minimum absolute atomic E-state index is 0.205. The summed E-state index contributed by atoms with van der Waals surface area (Å²) in [6, 6.07) is 5.33. The molecular formula is C14H16Cl2N2O4. The zero-order valence-corrected chi connectivity index (χ0v) is 13.3. The Kier molecular flexibility index (Phi) is 5.88. The van der Waals surface area contributed by atoms with E-state index < -0.39 is 12.6 Å². The van der Waals surface area contributed by atoms with Gasteiger partial charge < -0.3 is 19.6 Å². The Bertz CT molecular complexity index is 560. The second-order valence-electron chi connectivity index (χ2n) is 4.85. The fourth-order valence-corrected chi connectivity index (χ4v) is 2.78. The zero-order valence-electron chi connectivity index (χ0n) is 11.8. The highest BCUT2D eigenvalue weighted by molar-refractivity contribution is 6.36. The Labute approximate surface area is 138 Å². The normalized spacial score (nSPS) is 15.0. The largest absolute Gasteiger partial charge is 0.480 e. The SMILES string of the molecule is O=C(O)COCC(=O)N1CCN(c2ccc(Cl)cc2Cl)CC1. The minimum atomic E-state index is -1.09. The summed E-state index contributed by atoms with van der Waals surface area (Å²) in [4.78, 5) is 26.0. The van der Waals surface area contributed by atoms with Crippen LogP contribution in [0.4, 0.5) is 5.69 Å². The van der Waals surface area contributed by atoms with E-state index in [2.05, 4.69) is 4.90 Å². The molecule has 0 unspecified atom stereocenters. The Morgan fingerprint density at radius 2 is 1.82 bits per heavy atom. The first-order chi connectivity index (χ1) is 10.5. The summed E-state index contributed by atoms with van der Waals surface area (Å²) in [7, 11) is 0. The molecule has 22 heavy (non-hydrogen) atoms. The maximum absolute atomic E-state index is 11.9. The molecule has 1 fully saturated rings. The van der Waals surface area contributed by atoms with Gasteiger partial charge in [0.2, 0.25) is 5.91 Å². The second-order valence-corrected chi connectivity index (χ2v) is 5.69. The van der Waals surface area contributed by atoms with Gasteiger partial charge >= 0.3 is 5.97 Å². The Morgan fingerprint density at radius 3 is 2.41 bits per heavy atom. The number of rotatable bonds is 5. The fourth-order valence-electron chi connectivity index (χ4n) is 2.25. The van der Waals surface area contributed by atoms with Crippen LogP contribution in [0.25, 0.3) is 0 Å². The number of amides is 1. The van der Waals surface area contributed by atoms with Crippen LogP contribution < -0.4 is 4.90 Å². The monoisotopic (exact) mass is 346 g/mol. The Balaban J connectivity index is 1.84. The van der Waals surface area contributed by atoms with Crippen LogP contribution in [-0.4, -0.2) is 61.3 Å². The van der Waals surface area contributed by atoms with E-state index in [-0.39, 0.29) is 12.5 Å². The quantitative estimate of drug-likeness (QED) is 0.879. The molecule has 0 radical (unpaired) electrons. The highest BCUT2D eigenvalue weighted by Gasteiger charge is 2.22. The van der Waals surface area contributed by atoms with E-state index in [0.717, 1.165) is 5.69 Å². The van der Waals surface area contributed by atoms with E-state index in [1.54, 1.807) is 17.0 Å². The van der Waals surface area contributed by atoms with Crippen molar-refractivity contribution >= 4 is 40.8 Å². The maximum Gasteiger partial charge on any atom is 0.329 e. The number of carbonyl (C=O) groups excluding carboxylic acids is 1. The molecule has 120 valence electrons. The molecule has 0 bridgehead atoms. The fraction of sp³-hybridized carbons (Fsp3) is 0.429. The predicted molar refractivity (Wildman–Crippen MR) is 83.7 cm³/mol. The molecule has 1 saturated heterocycles. The van der Waals surface area contributed by atoms with E-state index in [4.69, 9.17) is 33.0 Å². The lowest BCUT2D eigenvalue weighted by Gasteiger charge is -2.36. The summed E-state index contributed by atoms with van der Waals surface area (Å²) >= 11 is 12.1. The Hall–Kier alpha value is -1.50. The minimum Gasteiger partial charge on any atom is -0.480 e. The molecule has 1 aromatic carbocycles. The van der Waals surface area contributed by atoms with Crippen molar-refractivity contribution in [2.24, 2.45) is 0 Å². The number of halogens is 2. The topological polar surface area (TPSA) is 70.1 Å². The molecule has 0 saturated carbocycles. The van der Waals surface area contributed by atoms with Crippen LogP contribution >= 0.6 is 23.2 Å². The molecule has 0 atom stereocenters. The number of carboxylic acids is 1. The number of hydrogen-bond acceptors (Lipinski definition) is 4. The predicted octanol–water partition coefficient (Wildman–Crippen LogP) is 1.74. The van der Waals surface area contributed by atoms with E-state index in [9.17, 15) is 9.59 Å². The van der Waals surface area contributed by atoms with Crippen molar-refractivity contribution in [1.29, 1.82) is 0 Å². The van der Waals surface area contributed by atoms with E-state index in [0.29, 0.717) is 36.2 Å². The third-order valence-electron chi connectivity index (χ3n) is 3.33. The lowest BCUT2D eigenvalue weighted by atomic mass is 10.2. The van der Waals surface area contributed by atoms with Crippen molar-refractivity contribution in [1.82, 2.24) is 4.90 Å². The molecule has 0 aromatic heterocycles. The van der Waals surface area contributed by atoms with Gasteiger partial charge in [-0.3, -0.25) is 4.79 Å². The third-order valence-corrected chi connectivity index (χ3v) is 3.87. The first-order valence-corrected chi connectivity index (χ1v) is 7.50. The van der Waals surface area contributed by atoms with Crippen LogP contribution in [0.5, 0.6) is 0 Å². The van der Waals surface area contributed by atoms with Gasteiger partial charge in [0.1, 0.15) is 13.2 Å². The molecule has 1 aromatic rings. The molecule has 1 aliphatic heterocycles. The number of nitrogens with zero attached hydrogens (tertiary/aromatic N) is 2. The zero-order chi connectivity index (χ0) is 16.1. The average Bonchev–Trinajstić information content (AvgIpc) is 2.47. The smallest absolute Gasteiger partial charge is 0.329 e. The highest BCUT2D eigenvalue weighted by atomic mass is 35.5. The number of ether oxygens (including phenoxy) is 1. The molecule has 1 heterocycles. The first kappa shape index (κ1) is 16.9. The average molecular weight is 347 g/mol. The van der Waals surface area contributed by atoms with Gasteiger partial charge in [0.05, 0.1) is 10.7 Å². The number of carbonyl (C=O) groups is 2. The molecule has 2 rings (SSSR count). The molecule has 1 amide bonds. The molecule has 1 N–H and O–H groups in total. The molecule has 0 spiro atoms. The number of anilines is 1. The molecular weight excluding hydrogens is 331 g/mol. The van der Waals surface area contributed by atoms with Crippen LogP contribution in [0.3, 0.4) is 0 Å². The lowest BCUT2D eigenvalue weighted by Crippen LogP contribution is -2.50. The summed E-state index contributed by atoms with van der Waals surface area (Å²) < 4.78 is 4.81. The number of carboxylic acid groups (broad SMARTS) is 1. The van der Waals surface area contributed by atoms with Crippen molar-refractivity contribution in [3.05, 3.63) is 28.2 Å². The lowest BCUT2D eigenvalue weighted by molar-refractivity contribution is -0.145. The number of piperazine rings is 1. The standard InChI is InChI=1S/C14H16Cl2N2O4/c15-10-1-2-12(11(16)7-10)17-3-5-18(6-4-17)13(19)8-22-9-14(20)21/h1-2,7H,3-6,8-9H2,(H,20,21). The van der Waals surface area contributed by atoms with Crippen LogP contribution in [0.1, 0.15) is 0 Å². The summed E-state index contributed by atoms with van der Waals surface area (Å²) in [5.74, 6) is -1.29. The van der Waals surface area contributed by atoms with Gasteiger partial charge in [0, 0.05) is 31.2 Å². The van der Waals surface area contributed by atoms with E-state index in [1.165, 1.54) is 0 Å². The van der Waals surface area contributed by atoms with E-state index >= 15 is 0 Å². The second kappa shape index (κ2) is 7.67. The van der Waals surface area contributed by atoms with Gasteiger partial charge in [-0.1, -0.05) is 23.2 Å². The maximum atomic E-state index is 11.9. The highest BCUT2D eigenvalue weighted by Crippen LogP contribution is 2.29. The molecule has 0 aliphatic carbocycles. The van der Waals surface area contributed by atoms with Crippen LogP contribution in [0, 0.1) is 0 Å². The number of benzene rings is 1. The Morgan fingerprint density at radius 1 is 1.14 bits per heavy atom. The molecule has 1 aliphatic rings. The van der Waals surface area contributed by atoms with Crippen LogP contribution in [-0.2, 0) is 14.3 Å². The summed E-state index contributed by atoms with van der Waals surface area (Å²) in [5, 5.41) is 9.63. The van der Waals surface area contributed by atoms with Gasteiger partial charge in [-0.2, -0.15) is 0 Å². The molecule has 6 nitrogen and oxygen atoms in total. The van der Waals surface area contributed by atoms with Crippen molar-refractivity contribution in [2.75, 3.05) is 44.3 Å².